The topological polar surface area (TPSA) is 26.7 Å². The number of likely N-dealkylation sites (N-methyl/N-ethyl adjacent to an activating group) is 2. The van der Waals surface area contributed by atoms with E-state index in [1.165, 1.54) is 0 Å². The zero-order valence-electron chi connectivity index (χ0n) is 9.83. The Morgan fingerprint density at radius 1 is 1.15 bits per heavy atom. The Kier molecular flexibility index (Phi) is 4.89. The van der Waals surface area contributed by atoms with Crippen molar-refractivity contribution in [2.45, 2.75) is 32.4 Å². The molecule has 0 aromatic carbocycles. The van der Waals surface area contributed by atoms with Gasteiger partial charge in [0.15, 0.2) is 0 Å². The molecule has 0 unspecified atom stereocenters. The molecule has 0 bridgehead atoms. The Balaban J connectivity index is 4.23. The van der Waals surface area contributed by atoms with Crippen LogP contribution in [0, 0.1) is 0 Å². The Labute approximate surface area is 82.3 Å². The second-order valence-corrected chi connectivity index (χ2v) is 4.88. The van der Waals surface area contributed by atoms with Crippen LogP contribution < -0.4 is 0 Å². The standard InChI is InChI=1S/C10H24N2O/c1-10(2,3)12(6)9(8-13)7-11(4)5/h9,13H,7-8H2,1-6H3/t9-/m1/s1. The van der Waals surface area contributed by atoms with Crippen molar-refractivity contribution in [3.8, 4) is 0 Å². The van der Waals surface area contributed by atoms with Crippen molar-refractivity contribution in [2.75, 3.05) is 34.3 Å². The van der Waals surface area contributed by atoms with Gasteiger partial charge in [-0.3, -0.25) is 4.90 Å². The molecule has 0 amide bonds. The summed E-state index contributed by atoms with van der Waals surface area (Å²) in [5.74, 6) is 0. The first-order valence-corrected chi connectivity index (χ1v) is 4.77. The molecule has 0 aromatic rings. The van der Waals surface area contributed by atoms with Gasteiger partial charge in [-0.1, -0.05) is 0 Å². The van der Waals surface area contributed by atoms with Crippen molar-refractivity contribution < 1.29 is 5.11 Å². The maximum atomic E-state index is 9.24. The summed E-state index contributed by atoms with van der Waals surface area (Å²) in [6, 6.07) is 0.218. The molecule has 0 aliphatic carbocycles. The van der Waals surface area contributed by atoms with Gasteiger partial charge < -0.3 is 10.0 Å². The van der Waals surface area contributed by atoms with E-state index in [0.29, 0.717) is 0 Å². The largest absolute Gasteiger partial charge is 0.395 e. The molecule has 0 spiro atoms. The number of nitrogens with zero attached hydrogens (tertiary/aromatic N) is 2. The van der Waals surface area contributed by atoms with Gasteiger partial charge in [0.25, 0.3) is 0 Å². The summed E-state index contributed by atoms with van der Waals surface area (Å²) in [6.45, 7) is 7.58. The Bertz CT molecular complexity index is 140. The molecule has 3 nitrogen and oxygen atoms in total. The molecule has 13 heavy (non-hydrogen) atoms. The average molecular weight is 188 g/mol. The van der Waals surface area contributed by atoms with Gasteiger partial charge in [-0.05, 0) is 41.9 Å². The minimum Gasteiger partial charge on any atom is -0.395 e. The zero-order chi connectivity index (χ0) is 10.6. The van der Waals surface area contributed by atoms with E-state index in [4.69, 9.17) is 0 Å². The molecule has 0 aromatic heterocycles. The molecular formula is C10H24N2O. The van der Waals surface area contributed by atoms with Gasteiger partial charge in [0, 0.05) is 18.1 Å². The molecule has 0 heterocycles. The lowest BCUT2D eigenvalue weighted by atomic mass is 10.0. The Morgan fingerprint density at radius 2 is 1.62 bits per heavy atom. The van der Waals surface area contributed by atoms with Gasteiger partial charge in [-0.25, -0.2) is 0 Å². The smallest absolute Gasteiger partial charge is 0.0599 e. The highest BCUT2D eigenvalue weighted by molar-refractivity contribution is 4.81. The second-order valence-electron chi connectivity index (χ2n) is 4.88. The van der Waals surface area contributed by atoms with E-state index in [-0.39, 0.29) is 18.2 Å². The van der Waals surface area contributed by atoms with Crippen LogP contribution in [0.3, 0.4) is 0 Å². The van der Waals surface area contributed by atoms with Crippen molar-refractivity contribution >= 4 is 0 Å². The van der Waals surface area contributed by atoms with Crippen LogP contribution in [0.2, 0.25) is 0 Å². The molecule has 3 heteroatoms. The van der Waals surface area contributed by atoms with Crippen LogP contribution in [0.4, 0.5) is 0 Å². The summed E-state index contributed by atoms with van der Waals surface area (Å²) >= 11 is 0. The van der Waals surface area contributed by atoms with E-state index in [9.17, 15) is 5.11 Å². The Morgan fingerprint density at radius 3 is 1.85 bits per heavy atom. The van der Waals surface area contributed by atoms with Crippen LogP contribution in [0.15, 0.2) is 0 Å². The van der Waals surface area contributed by atoms with Gasteiger partial charge >= 0.3 is 0 Å². The second kappa shape index (κ2) is 4.94. The van der Waals surface area contributed by atoms with Crippen molar-refractivity contribution in [3.05, 3.63) is 0 Å². The summed E-state index contributed by atoms with van der Waals surface area (Å²) < 4.78 is 0. The predicted octanol–water partition coefficient (Wildman–Crippen LogP) is 0.639. The lowest BCUT2D eigenvalue weighted by molar-refractivity contribution is 0.0567. The van der Waals surface area contributed by atoms with Gasteiger partial charge in [0.05, 0.1) is 6.61 Å². The molecule has 0 saturated heterocycles. The van der Waals surface area contributed by atoms with E-state index >= 15 is 0 Å². The summed E-state index contributed by atoms with van der Waals surface area (Å²) in [4.78, 5) is 4.32. The third-order valence-corrected chi connectivity index (χ3v) is 2.39. The van der Waals surface area contributed by atoms with Crippen LogP contribution in [0.5, 0.6) is 0 Å². The normalized spacial score (nSPS) is 15.5. The highest BCUT2D eigenvalue weighted by Gasteiger charge is 2.24. The average Bonchev–Trinajstić information content (AvgIpc) is 1.96. The molecule has 80 valence electrons. The van der Waals surface area contributed by atoms with E-state index in [0.717, 1.165) is 6.54 Å². The number of hydrogen-bond donors (Lipinski definition) is 1. The maximum absolute atomic E-state index is 9.24. The first-order valence-electron chi connectivity index (χ1n) is 4.77. The van der Waals surface area contributed by atoms with Crippen LogP contribution in [-0.2, 0) is 0 Å². The third-order valence-electron chi connectivity index (χ3n) is 2.39. The molecule has 0 aliphatic rings. The minimum absolute atomic E-state index is 0.114. The summed E-state index contributed by atoms with van der Waals surface area (Å²) in [5.41, 5.74) is 0.114. The zero-order valence-corrected chi connectivity index (χ0v) is 9.83. The first kappa shape index (κ1) is 12.9. The highest BCUT2D eigenvalue weighted by Crippen LogP contribution is 2.14. The number of aliphatic hydroxyl groups excluding tert-OH is 1. The Hall–Kier alpha value is -0.120. The molecule has 1 N–H and O–H groups in total. The van der Waals surface area contributed by atoms with Crippen molar-refractivity contribution in [2.24, 2.45) is 0 Å². The van der Waals surface area contributed by atoms with Gasteiger partial charge in [0.2, 0.25) is 0 Å². The van der Waals surface area contributed by atoms with Crippen molar-refractivity contribution in [1.29, 1.82) is 0 Å². The number of rotatable bonds is 4. The first-order chi connectivity index (χ1) is 5.79. The monoisotopic (exact) mass is 188 g/mol. The predicted molar refractivity (Wildman–Crippen MR) is 56.9 cm³/mol. The maximum Gasteiger partial charge on any atom is 0.0599 e. The van der Waals surface area contributed by atoms with E-state index in [2.05, 4.69) is 37.6 Å². The number of hydrogen-bond acceptors (Lipinski definition) is 3. The minimum atomic E-state index is 0.114. The molecule has 0 aliphatic heterocycles. The van der Waals surface area contributed by atoms with Gasteiger partial charge in [-0.2, -0.15) is 0 Å². The lowest BCUT2D eigenvalue weighted by Crippen LogP contribution is -2.50. The molecule has 0 saturated carbocycles. The van der Waals surface area contributed by atoms with E-state index in [1.807, 2.05) is 14.1 Å². The van der Waals surface area contributed by atoms with Crippen LogP contribution in [0.25, 0.3) is 0 Å². The molecule has 0 fully saturated rings. The fraction of sp³-hybridized carbons (Fsp3) is 1.00. The fourth-order valence-electron chi connectivity index (χ4n) is 1.27. The third kappa shape index (κ3) is 4.60. The van der Waals surface area contributed by atoms with Crippen molar-refractivity contribution in [3.63, 3.8) is 0 Å². The molecular weight excluding hydrogens is 164 g/mol. The lowest BCUT2D eigenvalue weighted by Gasteiger charge is -2.39. The molecule has 1 atom stereocenters. The SMILES string of the molecule is CN(C)C[C@H](CO)N(C)C(C)(C)C. The summed E-state index contributed by atoms with van der Waals surface area (Å²) in [6.07, 6.45) is 0. The van der Waals surface area contributed by atoms with E-state index in [1.54, 1.807) is 0 Å². The van der Waals surface area contributed by atoms with Gasteiger partial charge in [0.1, 0.15) is 0 Å². The number of aliphatic hydroxyl groups is 1. The fourth-order valence-corrected chi connectivity index (χ4v) is 1.27. The van der Waals surface area contributed by atoms with Crippen LogP contribution in [0.1, 0.15) is 20.8 Å². The highest BCUT2D eigenvalue weighted by atomic mass is 16.3. The molecule has 0 radical (unpaired) electrons. The van der Waals surface area contributed by atoms with Gasteiger partial charge in [-0.15, -0.1) is 0 Å². The summed E-state index contributed by atoms with van der Waals surface area (Å²) in [5, 5.41) is 9.24. The van der Waals surface area contributed by atoms with Crippen molar-refractivity contribution in [1.82, 2.24) is 9.80 Å². The summed E-state index contributed by atoms with van der Waals surface area (Å²) in [7, 11) is 6.11. The quantitative estimate of drug-likeness (QED) is 0.701. The molecule has 0 rings (SSSR count). The van der Waals surface area contributed by atoms with Crippen LogP contribution >= 0.6 is 0 Å². The van der Waals surface area contributed by atoms with Crippen LogP contribution in [-0.4, -0.2) is 60.8 Å². The van der Waals surface area contributed by atoms with E-state index < -0.39 is 0 Å².